The van der Waals surface area contributed by atoms with Gasteiger partial charge in [-0.1, -0.05) is 6.07 Å². The normalized spacial score (nSPS) is 17.4. The number of hydrogen-bond donors (Lipinski definition) is 1. The Kier molecular flexibility index (Phi) is 5.23. The fraction of sp³-hybridized carbons (Fsp3) is 0.450. The first-order valence-corrected chi connectivity index (χ1v) is 8.93. The molecule has 0 saturated carbocycles. The number of anilines is 2. The van der Waals surface area contributed by atoms with Gasteiger partial charge in [0.15, 0.2) is 0 Å². The van der Waals surface area contributed by atoms with Gasteiger partial charge in [0.1, 0.15) is 17.2 Å². The van der Waals surface area contributed by atoms with Gasteiger partial charge in [0.2, 0.25) is 0 Å². The van der Waals surface area contributed by atoms with Gasteiger partial charge in [-0.25, -0.2) is 9.97 Å². The summed E-state index contributed by atoms with van der Waals surface area (Å²) in [6.45, 7) is 6.33. The van der Waals surface area contributed by atoms with Gasteiger partial charge in [-0.05, 0) is 63.4 Å². The minimum Gasteiger partial charge on any atom is -0.369 e. The van der Waals surface area contributed by atoms with Crippen LogP contribution in [0.25, 0.3) is 0 Å². The van der Waals surface area contributed by atoms with E-state index in [0.717, 1.165) is 42.3 Å². The van der Waals surface area contributed by atoms with Crippen LogP contribution in [0.1, 0.15) is 44.0 Å². The van der Waals surface area contributed by atoms with Crippen molar-refractivity contribution in [3.8, 4) is 0 Å². The van der Waals surface area contributed by atoms with Crippen molar-refractivity contribution in [3.05, 3.63) is 47.8 Å². The molecule has 1 saturated heterocycles. The van der Waals surface area contributed by atoms with Gasteiger partial charge < -0.3 is 15.0 Å². The zero-order chi connectivity index (χ0) is 18.7. The van der Waals surface area contributed by atoms with Gasteiger partial charge >= 0.3 is 0 Å². The van der Waals surface area contributed by atoms with E-state index < -0.39 is 5.60 Å². The molecular weight excluding hydrogens is 328 g/mol. The second kappa shape index (κ2) is 7.41. The molecule has 0 unspecified atom stereocenters. The van der Waals surface area contributed by atoms with Crippen LogP contribution < -0.4 is 5.32 Å². The van der Waals surface area contributed by atoms with Crippen molar-refractivity contribution >= 4 is 17.5 Å². The highest BCUT2D eigenvalue weighted by Gasteiger charge is 2.38. The summed E-state index contributed by atoms with van der Waals surface area (Å²) in [5, 5.41) is 3.24. The lowest BCUT2D eigenvalue weighted by molar-refractivity contribution is -0.152. The number of methoxy groups -OCH3 is 1. The molecule has 0 spiro atoms. The molecule has 1 amide bonds. The molecule has 2 aromatic heterocycles. The second-order valence-corrected chi connectivity index (χ2v) is 7.13. The highest BCUT2D eigenvalue weighted by atomic mass is 16.5. The van der Waals surface area contributed by atoms with Gasteiger partial charge in [0.05, 0.1) is 6.04 Å². The van der Waals surface area contributed by atoms with Crippen molar-refractivity contribution in [2.75, 3.05) is 19.0 Å². The molecule has 26 heavy (non-hydrogen) atoms. The third kappa shape index (κ3) is 3.85. The van der Waals surface area contributed by atoms with E-state index in [1.54, 1.807) is 13.3 Å². The molecule has 1 aliphatic heterocycles. The summed E-state index contributed by atoms with van der Waals surface area (Å²) in [6.07, 6.45) is 3.70. The number of rotatable bonds is 5. The van der Waals surface area contributed by atoms with E-state index in [2.05, 4.69) is 15.3 Å². The minimum absolute atomic E-state index is 0.0224. The quantitative estimate of drug-likeness (QED) is 0.888. The molecule has 1 fully saturated rings. The topological polar surface area (TPSA) is 67.3 Å². The third-order valence-corrected chi connectivity index (χ3v) is 4.85. The van der Waals surface area contributed by atoms with Crippen molar-refractivity contribution in [2.24, 2.45) is 0 Å². The molecule has 6 nitrogen and oxygen atoms in total. The van der Waals surface area contributed by atoms with Crippen molar-refractivity contribution in [3.63, 3.8) is 0 Å². The van der Waals surface area contributed by atoms with E-state index in [1.807, 2.05) is 56.0 Å². The largest absolute Gasteiger partial charge is 0.369 e. The number of amides is 1. The Labute approximate surface area is 154 Å². The molecule has 1 aliphatic rings. The number of nitrogens with one attached hydrogen (secondary N) is 1. The van der Waals surface area contributed by atoms with Crippen molar-refractivity contribution < 1.29 is 9.53 Å². The Morgan fingerprint density at radius 2 is 2.12 bits per heavy atom. The van der Waals surface area contributed by atoms with E-state index in [-0.39, 0.29) is 11.9 Å². The van der Waals surface area contributed by atoms with E-state index >= 15 is 0 Å². The first kappa shape index (κ1) is 18.3. The molecule has 2 aromatic rings. The SMILES string of the molecule is COC(C)(C)C(=O)N1CCC[C@H]1c1ccnc(Nc2cccc(C)n2)c1. The minimum atomic E-state index is -0.817. The number of aromatic nitrogens is 2. The number of ether oxygens (including phenoxy) is 1. The summed E-state index contributed by atoms with van der Waals surface area (Å²) in [5.41, 5.74) is 1.20. The number of carbonyl (C=O) groups is 1. The summed E-state index contributed by atoms with van der Waals surface area (Å²) < 4.78 is 5.39. The number of aryl methyl sites for hydroxylation is 1. The monoisotopic (exact) mass is 354 g/mol. The standard InChI is InChI=1S/C20H26N4O2/c1-14-7-5-9-17(22-14)23-18-13-15(10-11-21-18)16-8-6-12-24(16)19(25)20(2,3)26-4/h5,7,9-11,13,16H,6,8,12H2,1-4H3,(H,21,22,23)/t16-/m0/s1. The van der Waals surface area contributed by atoms with Crippen LogP contribution in [0.5, 0.6) is 0 Å². The summed E-state index contributed by atoms with van der Waals surface area (Å²) in [7, 11) is 1.58. The number of carbonyl (C=O) groups excluding carboxylic acids is 1. The average molecular weight is 354 g/mol. The lowest BCUT2D eigenvalue weighted by Crippen LogP contribution is -2.46. The third-order valence-electron chi connectivity index (χ3n) is 4.85. The Bertz CT molecular complexity index is 791. The molecule has 0 bridgehead atoms. The first-order valence-electron chi connectivity index (χ1n) is 8.93. The molecule has 1 N–H and O–H groups in total. The Morgan fingerprint density at radius 1 is 1.31 bits per heavy atom. The predicted octanol–water partition coefficient (Wildman–Crippen LogP) is 3.62. The van der Waals surface area contributed by atoms with Gasteiger partial charge in [0, 0.05) is 25.5 Å². The van der Waals surface area contributed by atoms with Gasteiger partial charge in [0.25, 0.3) is 5.91 Å². The van der Waals surface area contributed by atoms with Crippen LogP contribution in [0.15, 0.2) is 36.5 Å². The van der Waals surface area contributed by atoms with Gasteiger partial charge in [-0.2, -0.15) is 0 Å². The van der Waals surface area contributed by atoms with Crippen LogP contribution in [0.4, 0.5) is 11.6 Å². The number of pyridine rings is 2. The smallest absolute Gasteiger partial charge is 0.254 e. The van der Waals surface area contributed by atoms with Crippen LogP contribution in [0.3, 0.4) is 0 Å². The number of hydrogen-bond acceptors (Lipinski definition) is 5. The lowest BCUT2D eigenvalue weighted by atomic mass is 10.0. The highest BCUT2D eigenvalue weighted by Crippen LogP contribution is 2.35. The zero-order valence-corrected chi connectivity index (χ0v) is 15.8. The predicted molar refractivity (Wildman–Crippen MR) is 101 cm³/mol. The Balaban J connectivity index is 1.81. The Morgan fingerprint density at radius 3 is 2.85 bits per heavy atom. The average Bonchev–Trinajstić information content (AvgIpc) is 3.11. The maximum absolute atomic E-state index is 12.9. The molecule has 6 heteroatoms. The maximum Gasteiger partial charge on any atom is 0.254 e. The molecule has 0 aromatic carbocycles. The molecule has 1 atom stereocenters. The molecular formula is C20H26N4O2. The first-order chi connectivity index (χ1) is 12.4. The van der Waals surface area contributed by atoms with Crippen molar-refractivity contribution in [2.45, 2.75) is 45.3 Å². The van der Waals surface area contributed by atoms with Crippen LogP contribution in [0, 0.1) is 6.92 Å². The van der Waals surface area contributed by atoms with Crippen LogP contribution in [0.2, 0.25) is 0 Å². The summed E-state index contributed by atoms with van der Waals surface area (Å²) >= 11 is 0. The van der Waals surface area contributed by atoms with Crippen molar-refractivity contribution in [1.29, 1.82) is 0 Å². The van der Waals surface area contributed by atoms with Gasteiger partial charge in [-0.15, -0.1) is 0 Å². The van der Waals surface area contributed by atoms with E-state index in [9.17, 15) is 4.79 Å². The molecule has 0 radical (unpaired) electrons. The molecule has 3 heterocycles. The summed E-state index contributed by atoms with van der Waals surface area (Å²) in [6, 6.07) is 9.84. The van der Waals surface area contributed by atoms with Crippen LogP contribution >= 0.6 is 0 Å². The molecule has 0 aliphatic carbocycles. The summed E-state index contributed by atoms with van der Waals surface area (Å²) in [4.78, 5) is 23.6. The van der Waals surface area contributed by atoms with Gasteiger partial charge in [-0.3, -0.25) is 4.79 Å². The number of likely N-dealkylation sites (tertiary alicyclic amines) is 1. The van der Waals surface area contributed by atoms with Crippen molar-refractivity contribution in [1.82, 2.24) is 14.9 Å². The maximum atomic E-state index is 12.9. The van der Waals surface area contributed by atoms with E-state index in [1.165, 1.54) is 0 Å². The number of nitrogens with zero attached hydrogens (tertiary/aromatic N) is 3. The molecule has 138 valence electrons. The summed E-state index contributed by atoms with van der Waals surface area (Å²) in [5.74, 6) is 1.51. The van der Waals surface area contributed by atoms with E-state index in [0.29, 0.717) is 0 Å². The zero-order valence-electron chi connectivity index (χ0n) is 15.8. The van der Waals surface area contributed by atoms with E-state index in [4.69, 9.17) is 4.74 Å². The second-order valence-electron chi connectivity index (χ2n) is 7.13. The van der Waals surface area contributed by atoms with Crippen LogP contribution in [-0.2, 0) is 9.53 Å². The Hall–Kier alpha value is -2.47. The van der Waals surface area contributed by atoms with Crippen LogP contribution in [-0.4, -0.2) is 40.0 Å². The highest BCUT2D eigenvalue weighted by molar-refractivity contribution is 5.85. The fourth-order valence-corrected chi connectivity index (χ4v) is 3.26. The lowest BCUT2D eigenvalue weighted by Gasteiger charge is -2.32. The fourth-order valence-electron chi connectivity index (χ4n) is 3.26. The molecule has 3 rings (SSSR count).